The molecule has 1 unspecified atom stereocenters. The van der Waals surface area contributed by atoms with Gasteiger partial charge < -0.3 is 15.0 Å². The number of hydrogen-bond donors (Lipinski definition) is 1. The molecule has 1 aliphatic carbocycles. The Hall–Kier alpha value is -2.26. The van der Waals surface area contributed by atoms with Gasteiger partial charge in [-0.3, -0.25) is 4.98 Å². The van der Waals surface area contributed by atoms with E-state index in [0.29, 0.717) is 30.7 Å². The van der Waals surface area contributed by atoms with Crippen LogP contribution in [0.15, 0.2) is 30.5 Å². The molecule has 6 nitrogen and oxygen atoms in total. The van der Waals surface area contributed by atoms with Gasteiger partial charge in [-0.1, -0.05) is 0 Å². The summed E-state index contributed by atoms with van der Waals surface area (Å²) in [5, 5.41) is 11.5. The topological polar surface area (TPSA) is 63.2 Å². The number of nitrogens with one attached hydrogen (secondary N) is 1. The van der Waals surface area contributed by atoms with Crippen molar-refractivity contribution in [3.63, 3.8) is 0 Å². The second-order valence-corrected chi connectivity index (χ2v) is 10.4. The first-order valence-electron chi connectivity index (χ1n) is 12.9. The molecule has 2 aliphatic heterocycles. The lowest BCUT2D eigenvalue weighted by Crippen LogP contribution is -2.39. The molecule has 0 bridgehead atoms. The minimum atomic E-state index is -4.57. The number of halogens is 3. The molecule has 4 atom stereocenters. The second kappa shape index (κ2) is 9.07. The van der Waals surface area contributed by atoms with Gasteiger partial charge in [0.2, 0.25) is 0 Å². The van der Waals surface area contributed by atoms with E-state index >= 15 is 0 Å². The molecule has 184 valence electrons. The zero-order chi connectivity index (χ0) is 25.7. The van der Waals surface area contributed by atoms with Crippen LogP contribution in [0.25, 0.3) is 11.3 Å². The Balaban J connectivity index is 1.19. The first kappa shape index (κ1) is 21.1. The summed E-state index contributed by atoms with van der Waals surface area (Å²) in [6.07, 6.45) is -0.189. The third-order valence-corrected chi connectivity index (χ3v) is 7.18. The highest BCUT2D eigenvalue weighted by molar-refractivity contribution is 5.62. The van der Waals surface area contributed by atoms with Crippen LogP contribution in [0.5, 0.6) is 0 Å². The molecule has 4 heterocycles. The zero-order valence-electron chi connectivity index (χ0n) is 21.5. The predicted octanol–water partition coefficient (Wildman–Crippen LogP) is 4.88. The number of rotatable bonds is 5. The summed E-state index contributed by atoms with van der Waals surface area (Å²) < 4.78 is 63.4. The molecule has 2 saturated heterocycles. The Kier molecular flexibility index (Phi) is 5.62. The fourth-order valence-electron chi connectivity index (χ4n) is 5.72. The minimum absolute atomic E-state index is 0.0412. The molecule has 0 radical (unpaired) electrons. The molecule has 3 aliphatic rings. The van der Waals surface area contributed by atoms with Crippen LogP contribution in [0.1, 0.15) is 48.0 Å². The summed E-state index contributed by atoms with van der Waals surface area (Å²) in [6.45, 7) is 4.79. The average Bonchev–Trinajstić information content (AvgIpc) is 3.38. The standard InChI is InChI=1S/C25H32F3N5O/c1-24(2)12-16(7-9-34-24)13-33-14-17-10-19(11-18(17)15-33)30-22-6-5-21(31-32-22)20-4-3-8-29-23(20)25(26,27)28/h3-6,8,16-19H,7,9-15H2,1-2H3,(H,30,32)/t16-,17-,18+,19?/m1/s1/i13D2. The van der Waals surface area contributed by atoms with Crippen LogP contribution in [0, 0.1) is 17.8 Å². The summed E-state index contributed by atoms with van der Waals surface area (Å²) in [7, 11) is 0. The van der Waals surface area contributed by atoms with Crippen molar-refractivity contribution in [3.05, 3.63) is 36.2 Å². The second-order valence-electron chi connectivity index (χ2n) is 10.4. The van der Waals surface area contributed by atoms with Gasteiger partial charge in [0, 0.05) is 46.7 Å². The summed E-state index contributed by atoms with van der Waals surface area (Å²) >= 11 is 0. The van der Waals surface area contributed by atoms with Crippen LogP contribution in [-0.4, -0.2) is 57.9 Å². The molecule has 0 spiro atoms. The number of hydrogen-bond acceptors (Lipinski definition) is 6. The van der Waals surface area contributed by atoms with Crippen molar-refractivity contribution < 1.29 is 20.6 Å². The Morgan fingerprint density at radius 3 is 2.59 bits per heavy atom. The minimum Gasteiger partial charge on any atom is -0.376 e. The normalized spacial score (nSPS) is 30.5. The van der Waals surface area contributed by atoms with E-state index in [0.717, 1.165) is 38.5 Å². The first-order chi connectivity index (χ1) is 16.9. The Labute approximate surface area is 201 Å². The van der Waals surface area contributed by atoms with E-state index in [2.05, 4.69) is 20.5 Å². The van der Waals surface area contributed by atoms with E-state index in [9.17, 15) is 13.2 Å². The lowest BCUT2D eigenvalue weighted by molar-refractivity contribution is -0.140. The third-order valence-electron chi connectivity index (χ3n) is 7.18. The maximum Gasteiger partial charge on any atom is 0.434 e. The van der Waals surface area contributed by atoms with Gasteiger partial charge in [0.05, 0.1) is 11.3 Å². The molecule has 1 N–H and O–H groups in total. The average molecular weight is 478 g/mol. The van der Waals surface area contributed by atoms with Gasteiger partial charge >= 0.3 is 6.18 Å². The maximum absolute atomic E-state index is 13.3. The van der Waals surface area contributed by atoms with Gasteiger partial charge in [-0.05, 0) is 81.5 Å². The first-order valence-corrected chi connectivity index (χ1v) is 11.9. The Bertz CT molecular complexity index is 1070. The van der Waals surface area contributed by atoms with Gasteiger partial charge in [-0.25, -0.2) is 0 Å². The quantitative estimate of drug-likeness (QED) is 0.662. The van der Waals surface area contributed by atoms with E-state index in [4.69, 9.17) is 7.48 Å². The lowest BCUT2D eigenvalue weighted by Gasteiger charge is -2.37. The summed E-state index contributed by atoms with van der Waals surface area (Å²) in [4.78, 5) is 5.51. The molecular weight excluding hydrogens is 443 g/mol. The molecule has 0 aromatic carbocycles. The van der Waals surface area contributed by atoms with Gasteiger partial charge in [0.25, 0.3) is 0 Å². The van der Waals surface area contributed by atoms with Crippen molar-refractivity contribution in [2.75, 3.05) is 31.5 Å². The van der Waals surface area contributed by atoms with Gasteiger partial charge in [-0.15, -0.1) is 10.2 Å². The highest BCUT2D eigenvalue weighted by atomic mass is 19.4. The number of pyridine rings is 1. The van der Waals surface area contributed by atoms with Crippen LogP contribution in [0.4, 0.5) is 19.0 Å². The molecular formula is C25H32F3N5O. The summed E-state index contributed by atoms with van der Waals surface area (Å²) in [6, 6.07) is 6.16. The molecule has 2 aromatic rings. The van der Waals surface area contributed by atoms with Crippen molar-refractivity contribution in [2.24, 2.45) is 17.8 Å². The van der Waals surface area contributed by atoms with Gasteiger partial charge in [0.15, 0.2) is 5.69 Å². The molecule has 9 heteroatoms. The molecule has 5 rings (SSSR count). The fraction of sp³-hybridized carbons (Fsp3) is 0.640. The van der Waals surface area contributed by atoms with Gasteiger partial charge in [-0.2, -0.15) is 13.2 Å². The number of aromatic nitrogens is 3. The third kappa shape index (κ3) is 5.20. The number of anilines is 1. The molecule has 0 amide bonds. The number of ether oxygens (including phenoxy) is 1. The molecule has 2 aromatic heterocycles. The van der Waals surface area contributed by atoms with Crippen molar-refractivity contribution >= 4 is 5.82 Å². The highest BCUT2D eigenvalue weighted by Gasteiger charge is 2.42. The van der Waals surface area contributed by atoms with Crippen molar-refractivity contribution in [2.45, 2.75) is 57.3 Å². The number of fused-ring (bicyclic) bond motifs is 1. The van der Waals surface area contributed by atoms with E-state index in [1.54, 1.807) is 6.07 Å². The molecule has 1 saturated carbocycles. The van der Waals surface area contributed by atoms with Crippen LogP contribution in [-0.2, 0) is 10.9 Å². The number of alkyl halides is 3. The van der Waals surface area contributed by atoms with Crippen LogP contribution in [0.3, 0.4) is 0 Å². The largest absolute Gasteiger partial charge is 0.434 e. The smallest absolute Gasteiger partial charge is 0.376 e. The van der Waals surface area contributed by atoms with E-state index in [1.807, 2.05) is 18.7 Å². The van der Waals surface area contributed by atoms with Crippen molar-refractivity contribution in [1.82, 2.24) is 20.1 Å². The zero-order valence-corrected chi connectivity index (χ0v) is 19.5. The van der Waals surface area contributed by atoms with Crippen LogP contribution in [0.2, 0.25) is 0 Å². The van der Waals surface area contributed by atoms with Gasteiger partial charge in [0.1, 0.15) is 5.82 Å². The van der Waals surface area contributed by atoms with Crippen LogP contribution < -0.4 is 5.32 Å². The Morgan fingerprint density at radius 2 is 1.94 bits per heavy atom. The number of likely N-dealkylation sites (tertiary alicyclic amines) is 1. The fourth-order valence-corrected chi connectivity index (χ4v) is 5.72. The van der Waals surface area contributed by atoms with E-state index < -0.39 is 18.4 Å². The monoisotopic (exact) mass is 477 g/mol. The Morgan fingerprint density at radius 1 is 1.18 bits per heavy atom. The van der Waals surface area contributed by atoms with E-state index in [-0.39, 0.29) is 28.8 Å². The summed E-state index contributed by atoms with van der Waals surface area (Å²) in [5.74, 6) is 1.29. The van der Waals surface area contributed by atoms with Crippen molar-refractivity contribution in [1.29, 1.82) is 0 Å². The maximum atomic E-state index is 13.3. The SMILES string of the molecule is [2H]C([2H])([C@@H]1CCOC(C)(C)C1)N1C[C@H]2CC(Nc3ccc(-c4cccnc4C(F)(F)F)nn3)C[C@H]2C1. The molecule has 34 heavy (non-hydrogen) atoms. The highest BCUT2D eigenvalue weighted by Crippen LogP contribution is 2.40. The number of nitrogens with zero attached hydrogens (tertiary/aromatic N) is 4. The molecule has 3 fully saturated rings. The van der Waals surface area contributed by atoms with Crippen LogP contribution >= 0.6 is 0 Å². The van der Waals surface area contributed by atoms with E-state index in [1.165, 1.54) is 18.2 Å². The summed E-state index contributed by atoms with van der Waals surface area (Å²) in [5.41, 5.74) is -1.24. The van der Waals surface area contributed by atoms with Crippen molar-refractivity contribution in [3.8, 4) is 11.3 Å². The lowest BCUT2D eigenvalue weighted by atomic mass is 9.88. The predicted molar refractivity (Wildman–Crippen MR) is 123 cm³/mol.